The van der Waals surface area contributed by atoms with Gasteiger partial charge in [0.2, 0.25) is 11.8 Å². The molecule has 0 aliphatic carbocycles. The minimum Gasteiger partial charge on any atom is -0.507 e. The number of nitrogens with one attached hydrogen (secondary N) is 2. The van der Waals surface area contributed by atoms with Gasteiger partial charge in [0.15, 0.2) is 0 Å². The first-order valence-corrected chi connectivity index (χ1v) is 13.7. The lowest BCUT2D eigenvalue weighted by atomic mass is 9.95. The summed E-state index contributed by atoms with van der Waals surface area (Å²) in [7, 11) is 0. The van der Waals surface area contributed by atoms with E-state index in [1.165, 1.54) is 4.90 Å². The third-order valence-corrected chi connectivity index (χ3v) is 6.23. The van der Waals surface area contributed by atoms with Crippen molar-refractivity contribution < 1.29 is 29.3 Å². The number of unbranched alkanes of at least 4 members (excludes halogenated alkanes) is 2. The Balaban J connectivity index is 3.55. The number of aliphatic hydroxyl groups is 1. The normalized spacial score (nSPS) is 13.9. The first kappa shape index (κ1) is 33.2. The Hall–Kier alpha value is -2.81. The molecule has 4 N–H and O–H groups in total. The van der Waals surface area contributed by atoms with E-state index in [9.17, 15) is 24.6 Å². The summed E-state index contributed by atoms with van der Waals surface area (Å²) in [5.74, 6) is -0.780. The second kappa shape index (κ2) is 15.6. The fraction of sp³-hybridized carbons (Fsp3) is 0.690. The molecule has 0 aliphatic rings. The first-order valence-electron chi connectivity index (χ1n) is 13.7. The first-order chi connectivity index (χ1) is 17.7. The van der Waals surface area contributed by atoms with Crippen molar-refractivity contribution in [2.45, 2.75) is 111 Å². The molecule has 216 valence electrons. The molecule has 38 heavy (non-hydrogen) atoms. The number of phenols is 1. The van der Waals surface area contributed by atoms with Crippen LogP contribution in [-0.2, 0) is 14.3 Å². The van der Waals surface area contributed by atoms with E-state index in [0.717, 1.165) is 25.7 Å². The molecule has 3 unspecified atom stereocenters. The Morgan fingerprint density at radius 1 is 1.08 bits per heavy atom. The molecule has 0 bridgehead atoms. The van der Waals surface area contributed by atoms with Crippen LogP contribution in [0.4, 0.5) is 4.79 Å². The molecule has 0 saturated heterocycles. The topological polar surface area (TPSA) is 128 Å². The number of phenolic OH excluding ortho intramolecular Hbond substituents is 1. The summed E-state index contributed by atoms with van der Waals surface area (Å²) in [6, 6.07) is 2.14. The smallest absolute Gasteiger partial charge is 0.408 e. The van der Waals surface area contributed by atoms with Gasteiger partial charge in [0, 0.05) is 18.2 Å². The van der Waals surface area contributed by atoms with Gasteiger partial charge in [-0.3, -0.25) is 9.59 Å². The Morgan fingerprint density at radius 2 is 1.74 bits per heavy atom. The summed E-state index contributed by atoms with van der Waals surface area (Å²) in [6.07, 6.45) is 3.24. The van der Waals surface area contributed by atoms with E-state index in [0.29, 0.717) is 24.4 Å². The predicted molar refractivity (Wildman–Crippen MR) is 149 cm³/mol. The lowest BCUT2D eigenvalue weighted by Crippen LogP contribution is -2.56. The van der Waals surface area contributed by atoms with Crippen LogP contribution < -0.4 is 10.6 Å². The minimum absolute atomic E-state index is 0.0734. The molecule has 0 spiro atoms. The fourth-order valence-electron chi connectivity index (χ4n) is 4.13. The Morgan fingerprint density at radius 3 is 2.29 bits per heavy atom. The number of hydrogen-bond acceptors (Lipinski definition) is 6. The zero-order valence-corrected chi connectivity index (χ0v) is 24.5. The highest BCUT2D eigenvalue weighted by Gasteiger charge is 2.39. The summed E-state index contributed by atoms with van der Waals surface area (Å²) >= 11 is 0. The highest BCUT2D eigenvalue weighted by molar-refractivity contribution is 5.93. The van der Waals surface area contributed by atoms with Crippen LogP contribution in [0.3, 0.4) is 0 Å². The summed E-state index contributed by atoms with van der Waals surface area (Å²) in [6.45, 7) is 14.6. The predicted octanol–water partition coefficient (Wildman–Crippen LogP) is 4.59. The van der Waals surface area contributed by atoms with Crippen LogP contribution in [-0.4, -0.2) is 63.9 Å². The fourth-order valence-corrected chi connectivity index (χ4v) is 4.13. The number of nitrogens with zero attached hydrogens (tertiary/aromatic N) is 1. The monoisotopic (exact) mass is 535 g/mol. The van der Waals surface area contributed by atoms with Crippen molar-refractivity contribution in [3.63, 3.8) is 0 Å². The molecule has 0 saturated carbocycles. The average Bonchev–Trinajstić information content (AvgIpc) is 2.82. The molecule has 3 atom stereocenters. The molecule has 0 radical (unpaired) electrons. The SMILES string of the molecule is CCCCCNC(=O)C(c1cccc(C)c1O)N(C(=O)C(CO)NC(=O)OC(C)(C)C)C(C)CCC(C)C. The van der Waals surface area contributed by atoms with Gasteiger partial charge in [-0.05, 0) is 65.4 Å². The Bertz CT molecular complexity index is 912. The van der Waals surface area contributed by atoms with E-state index in [1.807, 2.05) is 6.92 Å². The molecular weight excluding hydrogens is 486 g/mol. The summed E-state index contributed by atoms with van der Waals surface area (Å²) < 4.78 is 5.29. The van der Waals surface area contributed by atoms with Crippen molar-refractivity contribution in [2.24, 2.45) is 5.92 Å². The summed E-state index contributed by atoms with van der Waals surface area (Å²) in [5, 5.41) is 26.5. The number of aliphatic hydroxyl groups excluding tert-OH is 1. The van der Waals surface area contributed by atoms with Gasteiger partial charge in [0.1, 0.15) is 23.4 Å². The average molecular weight is 536 g/mol. The maximum Gasteiger partial charge on any atom is 0.408 e. The number of aryl methyl sites for hydroxylation is 1. The minimum atomic E-state index is -1.34. The number of aromatic hydroxyl groups is 1. The van der Waals surface area contributed by atoms with Gasteiger partial charge >= 0.3 is 6.09 Å². The van der Waals surface area contributed by atoms with E-state index in [4.69, 9.17) is 4.74 Å². The third kappa shape index (κ3) is 10.5. The number of ether oxygens (including phenoxy) is 1. The number of carbonyl (C=O) groups excluding carboxylic acids is 3. The zero-order valence-electron chi connectivity index (χ0n) is 24.5. The molecular formula is C29H49N3O6. The van der Waals surface area contributed by atoms with Crippen LogP contribution in [0.15, 0.2) is 18.2 Å². The summed E-state index contributed by atoms with van der Waals surface area (Å²) in [4.78, 5) is 41.6. The largest absolute Gasteiger partial charge is 0.507 e. The van der Waals surface area contributed by atoms with Gasteiger partial charge in [-0.2, -0.15) is 0 Å². The van der Waals surface area contributed by atoms with Crippen molar-refractivity contribution >= 4 is 17.9 Å². The van der Waals surface area contributed by atoms with Gasteiger partial charge < -0.3 is 30.5 Å². The number of amides is 3. The number of alkyl carbamates (subject to hydrolysis) is 1. The molecule has 1 aromatic carbocycles. The van der Waals surface area contributed by atoms with Crippen LogP contribution in [0.2, 0.25) is 0 Å². The van der Waals surface area contributed by atoms with Gasteiger partial charge in [-0.25, -0.2) is 4.79 Å². The number of hydrogen-bond donors (Lipinski definition) is 4. The second-order valence-corrected chi connectivity index (χ2v) is 11.4. The molecule has 9 nitrogen and oxygen atoms in total. The Kier molecular flexibility index (Phi) is 13.6. The van der Waals surface area contributed by atoms with Gasteiger partial charge in [-0.1, -0.05) is 51.8 Å². The maximum atomic E-state index is 14.0. The van der Waals surface area contributed by atoms with Crippen LogP contribution >= 0.6 is 0 Å². The number of carbonyl (C=O) groups is 3. The van der Waals surface area contributed by atoms with Crippen LogP contribution in [0.1, 0.15) is 97.7 Å². The molecule has 3 amide bonds. The van der Waals surface area contributed by atoms with Gasteiger partial charge in [0.25, 0.3) is 0 Å². The van der Waals surface area contributed by atoms with E-state index in [2.05, 4.69) is 31.4 Å². The van der Waals surface area contributed by atoms with Crippen molar-refractivity contribution in [3.05, 3.63) is 29.3 Å². The second-order valence-electron chi connectivity index (χ2n) is 11.4. The maximum absolute atomic E-state index is 14.0. The molecule has 1 aromatic rings. The zero-order chi connectivity index (χ0) is 29.0. The molecule has 0 aliphatic heterocycles. The highest BCUT2D eigenvalue weighted by atomic mass is 16.6. The van der Waals surface area contributed by atoms with Crippen molar-refractivity contribution in [2.75, 3.05) is 13.2 Å². The standard InChI is InChI=1S/C29H49N3O6/c1-9-10-11-17-30-26(35)24(22-14-12-13-20(4)25(22)34)32(21(5)16-15-19(2)3)27(36)23(18-33)31-28(37)38-29(6,7)8/h12-14,19,21,23-24,33-34H,9-11,15-18H2,1-8H3,(H,30,35)(H,31,37). The third-order valence-electron chi connectivity index (χ3n) is 6.23. The summed E-state index contributed by atoms with van der Waals surface area (Å²) in [5.41, 5.74) is 0.0573. The van der Waals surface area contributed by atoms with Gasteiger partial charge in [-0.15, -0.1) is 0 Å². The lowest BCUT2D eigenvalue weighted by Gasteiger charge is -2.38. The van der Waals surface area contributed by atoms with Crippen LogP contribution in [0, 0.1) is 12.8 Å². The van der Waals surface area contributed by atoms with Crippen molar-refractivity contribution in [1.29, 1.82) is 0 Å². The molecule has 9 heteroatoms. The van der Waals surface area contributed by atoms with E-state index >= 15 is 0 Å². The van der Waals surface area contributed by atoms with Crippen LogP contribution in [0.25, 0.3) is 0 Å². The van der Waals surface area contributed by atoms with Crippen LogP contribution in [0.5, 0.6) is 5.75 Å². The highest BCUT2D eigenvalue weighted by Crippen LogP contribution is 2.34. The lowest BCUT2D eigenvalue weighted by molar-refractivity contribution is -0.146. The molecule has 0 heterocycles. The van der Waals surface area contributed by atoms with Crippen molar-refractivity contribution in [3.8, 4) is 5.75 Å². The molecule has 1 rings (SSSR count). The Labute approximate surface area is 228 Å². The van der Waals surface area contributed by atoms with E-state index in [-0.39, 0.29) is 11.3 Å². The number of para-hydroxylation sites is 1. The number of benzene rings is 1. The van der Waals surface area contributed by atoms with Crippen molar-refractivity contribution in [1.82, 2.24) is 15.5 Å². The quantitative estimate of drug-likeness (QED) is 0.258. The number of rotatable bonds is 14. The molecule has 0 fully saturated rings. The van der Waals surface area contributed by atoms with E-state index in [1.54, 1.807) is 45.9 Å². The molecule has 0 aromatic heterocycles. The van der Waals surface area contributed by atoms with Gasteiger partial charge in [0.05, 0.1) is 6.61 Å². The van der Waals surface area contributed by atoms with E-state index < -0.39 is 48.2 Å².